The highest BCUT2D eigenvalue weighted by atomic mass is 16.5. The van der Waals surface area contributed by atoms with Gasteiger partial charge in [0, 0.05) is 0 Å². The van der Waals surface area contributed by atoms with Gasteiger partial charge in [0.15, 0.2) is 0 Å². The molecule has 0 fully saturated rings. The number of hydrogen-bond donors (Lipinski definition) is 1. The van der Waals surface area contributed by atoms with Gasteiger partial charge in [-0.25, -0.2) is 9.48 Å². The Kier molecular flexibility index (Phi) is 4.79. The molecule has 3 rings (SSSR count). The molecule has 8 heteroatoms. The Bertz CT molecular complexity index is 876. The Labute approximate surface area is 143 Å². The maximum absolute atomic E-state index is 12.3. The summed E-state index contributed by atoms with van der Waals surface area (Å²) in [6, 6.07) is 14.0. The number of ether oxygens (including phenoxy) is 1. The predicted molar refractivity (Wildman–Crippen MR) is 89.3 cm³/mol. The minimum Gasteiger partial charge on any atom is -0.465 e. The minimum absolute atomic E-state index is 0.172. The number of para-hydroxylation sites is 1. The number of carbonyl (C=O) groups excluding carboxylic acids is 2. The van der Waals surface area contributed by atoms with Crippen molar-refractivity contribution < 1.29 is 14.3 Å². The summed E-state index contributed by atoms with van der Waals surface area (Å²) >= 11 is 0. The van der Waals surface area contributed by atoms with Gasteiger partial charge in [-0.3, -0.25) is 4.79 Å². The molecule has 0 saturated heterocycles. The molecule has 0 unspecified atom stereocenters. The summed E-state index contributed by atoms with van der Waals surface area (Å²) in [7, 11) is 1.30. The molecule has 0 saturated carbocycles. The van der Waals surface area contributed by atoms with E-state index in [0.29, 0.717) is 11.3 Å². The van der Waals surface area contributed by atoms with Gasteiger partial charge in [-0.1, -0.05) is 24.3 Å². The molecule has 1 amide bonds. The number of rotatable bonds is 5. The van der Waals surface area contributed by atoms with Crippen molar-refractivity contribution in [1.82, 2.24) is 20.2 Å². The van der Waals surface area contributed by atoms with Crippen LogP contribution in [0.2, 0.25) is 0 Å². The number of esters is 1. The van der Waals surface area contributed by atoms with E-state index in [-0.39, 0.29) is 12.3 Å². The van der Waals surface area contributed by atoms with E-state index >= 15 is 0 Å². The highest BCUT2D eigenvalue weighted by Crippen LogP contribution is 2.17. The predicted octanol–water partition coefficient (Wildman–Crippen LogP) is 1.63. The second kappa shape index (κ2) is 7.35. The number of carbonyl (C=O) groups is 2. The first-order valence-electron chi connectivity index (χ1n) is 7.47. The van der Waals surface area contributed by atoms with Gasteiger partial charge in [0.1, 0.15) is 6.33 Å². The van der Waals surface area contributed by atoms with Gasteiger partial charge in [-0.15, -0.1) is 5.10 Å². The Hall–Kier alpha value is -3.55. The molecule has 0 aliphatic carbocycles. The van der Waals surface area contributed by atoms with Crippen LogP contribution in [0.3, 0.4) is 0 Å². The van der Waals surface area contributed by atoms with Crippen LogP contribution < -0.4 is 5.32 Å². The van der Waals surface area contributed by atoms with Gasteiger partial charge in [0.05, 0.1) is 30.5 Å². The van der Waals surface area contributed by atoms with Crippen LogP contribution in [-0.2, 0) is 16.0 Å². The van der Waals surface area contributed by atoms with Crippen LogP contribution >= 0.6 is 0 Å². The Morgan fingerprint density at radius 3 is 2.56 bits per heavy atom. The molecule has 0 spiro atoms. The van der Waals surface area contributed by atoms with E-state index in [2.05, 4.69) is 20.8 Å². The van der Waals surface area contributed by atoms with E-state index in [4.69, 9.17) is 4.74 Å². The molecule has 2 aromatic carbocycles. The van der Waals surface area contributed by atoms with Gasteiger partial charge in [0.2, 0.25) is 5.91 Å². The van der Waals surface area contributed by atoms with Gasteiger partial charge in [-0.2, -0.15) is 0 Å². The quantitative estimate of drug-likeness (QED) is 0.711. The zero-order valence-corrected chi connectivity index (χ0v) is 13.4. The van der Waals surface area contributed by atoms with Crippen LogP contribution in [-0.4, -0.2) is 39.2 Å². The van der Waals surface area contributed by atoms with Crippen LogP contribution in [0.25, 0.3) is 5.69 Å². The van der Waals surface area contributed by atoms with Crippen LogP contribution in [0.1, 0.15) is 15.9 Å². The molecule has 0 aliphatic rings. The molecule has 1 heterocycles. The highest BCUT2D eigenvalue weighted by Gasteiger charge is 2.13. The molecule has 3 aromatic rings. The van der Waals surface area contributed by atoms with E-state index < -0.39 is 5.97 Å². The van der Waals surface area contributed by atoms with E-state index in [1.165, 1.54) is 18.1 Å². The summed E-state index contributed by atoms with van der Waals surface area (Å²) in [5, 5.41) is 13.7. The van der Waals surface area contributed by atoms with Gasteiger partial charge in [-0.05, 0) is 40.3 Å². The normalized spacial score (nSPS) is 10.3. The molecule has 126 valence electrons. The molecule has 0 radical (unpaired) electrons. The monoisotopic (exact) mass is 337 g/mol. The van der Waals surface area contributed by atoms with Gasteiger partial charge in [0.25, 0.3) is 0 Å². The third kappa shape index (κ3) is 3.86. The molecule has 1 aromatic heterocycles. The fraction of sp³-hybridized carbons (Fsp3) is 0.118. The molecule has 0 atom stereocenters. The second-order valence-corrected chi connectivity index (χ2v) is 5.18. The minimum atomic E-state index is -0.498. The van der Waals surface area contributed by atoms with Gasteiger partial charge < -0.3 is 10.1 Å². The average molecular weight is 337 g/mol. The molecule has 25 heavy (non-hydrogen) atoms. The Morgan fingerprint density at radius 2 is 1.88 bits per heavy atom. The van der Waals surface area contributed by atoms with Crippen LogP contribution in [0.5, 0.6) is 0 Å². The molecular weight excluding hydrogens is 322 g/mol. The van der Waals surface area contributed by atoms with Crippen molar-refractivity contribution in [2.24, 2.45) is 0 Å². The first-order chi connectivity index (χ1) is 12.2. The fourth-order valence-corrected chi connectivity index (χ4v) is 2.31. The van der Waals surface area contributed by atoms with Crippen LogP contribution in [0, 0.1) is 0 Å². The first-order valence-corrected chi connectivity index (χ1v) is 7.47. The zero-order chi connectivity index (χ0) is 17.6. The third-order valence-corrected chi connectivity index (χ3v) is 3.52. The fourth-order valence-electron chi connectivity index (χ4n) is 2.31. The number of aromatic nitrogens is 4. The summed E-state index contributed by atoms with van der Waals surface area (Å²) in [6.45, 7) is 0. The molecule has 8 nitrogen and oxygen atoms in total. The lowest BCUT2D eigenvalue weighted by atomic mass is 10.1. The standard InChI is InChI=1S/C17H15N5O3/c1-25-17(24)14-4-2-3-5-15(14)19-16(23)10-12-6-8-13(9-7-12)22-11-18-20-21-22/h2-9,11H,10H2,1H3,(H,19,23). The summed E-state index contributed by atoms with van der Waals surface area (Å²) in [5.41, 5.74) is 2.35. The highest BCUT2D eigenvalue weighted by molar-refractivity contribution is 6.01. The smallest absolute Gasteiger partial charge is 0.339 e. The van der Waals surface area contributed by atoms with Crippen molar-refractivity contribution in [3.63, 3.8) is 0 Å². The van der Waals surface area contributed by atoms with Crippen molar-refractivity contribution in [3.8, 4) is 5.69 Å². The first kappa shape index (κ1) is 16.3. The van der Waals surface area contributed by atoms with Crippen molar-refractivity contribution in [2.75, 3.05) is 12.4 Å². The molecule has 1 N–H and O–H groups in total. The summed E-state index contributed by atoms with van der Waals surface area (Å²) < 4.78 is 6.24. The number of anilines is 1. The number of nitrogens with zero attached hydrogens (tertiary/aromatic N) is 4. The van der Waals surface area contributed by atoms with E-state index in [1.807, 2.05) is 24.3 Å². The SMILES string of the molecule is COC(=O)c1ccccc1NC(=O)Cc1ccc(-n2cnnn2)cc1. The molecule has 0 aliphatic heterocycles. The lowest BCUT2D eigenvalue weighted by Gasteiger charge is -2.10. The lowest BCUT2D eigenvalue weighted by molar-refractivity contribution is -0.115. The summed E-state index contributed by atoms with van der Waals surface area (Å²) in [5.74, 6) is -0.728. The second-order valence-electron chi connectivity index (χ2n) is 5.18. The third-order valence-electron chi connectivity index (χ3n) is 3.52. The lowest BCUT2D eigenvalue weighted by Crippen LogP contribution is -2.17. The van der Waals surface area contributed by atoms with Crippen LogP contribution in [0.4, 0.5) is 5.69 Å². The number of tetrazole rings is 1. The number of hydrogen-bond acceptors (Lipinski definition) is 6. The van der Waals surface area contributed by atoms with E-state index in [0.717, 1.165) is 11.3 Å². The van der Waals surface area contributed by atoms with Crippen molar-refractivity contribution in [1.29, 1.82) is 0 Å². The maximum atomic E-state index is 12.3. The number of benzene rings is 2. The number of methoxy groups -OCH3 is 1. The largest absolute Gasteiger partial charge is 0.465 e. The van der Waals surface area contributed by atoms with E-state index in [9.17, 15) is 9.59 Å². The topological polar surface area (TPSA) is 99.0 Å². The average Bonchev–Trinajstić information content (AvgIpc) is 3.17. The Balaban J connectivity index is 1.68. The molecule has 0 bridgehead atoms. The van der Waals surface area contributed by atoms with Crippen LogP contribution in [0.15, 0.2) is 54.9 Å². The van der Waals surface area contributed by atoms with E-state index in [1.54, 1.807) is 24.3 Å². The number of amides is 1. The zero-order valence-electron chi connectivity index (χ0n) is 13.4. The summed E-state index contributed by atoms with van der Waals surface area (Å²) in [6.07, 6.45) is 1.66. The van der Waals surface area contributed by atoms with Gasteiger partial charge >= 0.3 is 5.97 Å². The van der Waals surface area contributed by atoms with Crippen molar-refractivity contribution in [3.05, 3.63) is 66.0 Å². The number of nitrogens with one attached hydrogen (secondary N) is 1. The summed E-state index contributed by atoms with van der Waals surface area (Å²) in [4.78, 5) is 24.0. The van der Waals surface area contributed by atoms with Crippen molar-refractivity contribution >= 4 is 17.6 Å². The Morgan fingerprint density at radius 1 is 1.12 bits per heavy atom. The molecular formula is C17H15N5O3. The maximum Gasteiger partial charge on any atom is 0.339 e. The van der Waals surface area contributed by atoms with Crippen molar-refractivity contribution in [2.45, 2.75) is 6.42 Å².